The van der Waals surface area contributed by atoms with Crippen LogP contribution in [-0.4, -0.2) is 48.0 Å². The predicted molar refractivity (Wildman–Crippen MR) is 81.3 cm³/mol. The molecule has 1 aromatic carbocycles. The van der Waals surface area contributed by atoms with Crippen molar-refractivity contribution in [2.24, 2.45) is 0 Å². The minimum Gasteiger partial charge on any atom is -0.493 e. The van der Waals surface area contributed by atoms with Crippen molar-refractivity contribution in [3.8, 4) is 5.75 Å². The molecular formula is C16H23NO4. The molecule has 1 N–H and O–H groups in total. The lowest BCUT2D eigenvalue weighted by Gasteiger charge is -2.17. The van der Waals surface area contributed by atoms with Crippen LogP contribution in [0, 0.1) is 0 Å². The van der Waals surface area contributed by atoms with Gasteiger partial charge in [0.2, 0.25) is 0 Å². The molecule has 5 nitrogen and oxygen atoms in total. The quantitative estimate of drug-likeness (QED) is 0.709. The Bertz CT molecular complexity index is 495. The molecule has 0 fully saturated rings. The number of carboxylic acids is 1. The third-order valence-corrected chi connectivity index (χ3v) is 3.38. The molecule has 0 aliphatic heterocycles. The van der Waals surface area contributed by atoms with Gasteiger partial charge in [0.15, 0.2) is 5.78 Å². The molecule has 116 valence electrons. The van der Waals surface area contributed by atoms with Gasteiger partial charge >= 0.3 is 5.97 Å². The number of carbonyl (C=O) groups excluding carboxylic acids is 1. The maximum absolute atomic E-state index is 12.4. The Labute approximate surface area is 125 Å². The minimum atomic E-state index is -1.05. The molecule has 5 heteroatoms. The van der Waals surface area contributed by atoms with Crippen molar-refractivity contribution in [1.82, 2.24) is 4.90 Å². The summed E-state index contributed by atoms with van der Waals surface area (Å²) in [6, 6.07) is 4.41. The van der Waals surface area contributed by atoms with Crippen LogP contribution in [0.2, 0.25) is 0 Å². The van der Waals surface area contributed by atoms with E-state index in [1.807, 2.05) is 20.8 Å². The summed E-state index contributed by atoms with van der Waals surface area (Å²) in [6.07, 6.45) is 0.352. The molecule has 0 aromatic heterocycles. The predicted octanol–water partition coefficient (Wildman–Crippen LogP) is 2.70. The lowest BCUT2D eigenvalue weighted by Crippen LogP contribution is -2.26. The molecule has 0 amide bonds. The topological polar surface area (TPSA) is 66.8 Å². The van der Waals surface area contributed by atoms with Gasteiger partial charge in [-0.25, -0.2) is 4.79 Å². The maximum Gasteiger partial charge on any atom is 0.335 e. The molecule has 0 bridgehead atoms. The lowest BCUT2D eigenvalue weighted by molar-refractivity contribution is 0.0697. The number of carboxylic acid groups (broad SMARTS) is 1. The first kappa shape index (κ1) is 17.2. The number of aromatic carboxylic acids is 1. The van der Waals surface area contributed by atoms with E-state index in [1.165, 1.54) is 12.1 Å². The van der Waals surface area contributed by atoms with Crippen molar-refractivity contribution >= 4 is 11.8 Å². The number of Topliss-reactive ketones (excluding diaryl/α,β-unsaturated/α-hetero) is 1. The summed E-state index contributed by atoms with van der Waals surface area (Å²) in [7, 11) is 0. The molecule has 1 rings (SSSR count). The van der Waals surface area contributed by atoms with Crippen LogP contribution in [0.25, 0.3) is 0 Å². The highest BCUT2D eigenvalue weighted by atomic mass is 16.5. The Balaban J connectivity index is 2.93. The van der Waals surface area contributed by atoms with Gasteiger partial charge in [-0.2, -0.15) is 0 Å². The molecule has 0 aliphatic rings. The average molecular weight is 293 g/mol. The first-order chi connectivity index (χ1) is 10.0. The molecule has 0 unspecified atom stereocenters. The van der Waals surface area contributed by atoms with Gasteiger partial charge < -0.3 is 14.7 Å². The molecule has 0 spiro atoms. The third kappa shape index (κ3) is 4.86. The van der Waals surface area contributed by atoms with E-state index in [0.717, 1.165) is 13.1 Å². The van der Waals surface area contributed by atoms with Crippen LogP contribution < -0.4 is 4.74 Å². The molecule has 21 heavy (non-hydrogen) atoms. The molecule has 0 atom stereocenters. The zero-order valence-electron chi connectivity index (χ0n) is 12.9. The second kappa shape index (κ2) is 8.42. The summed E-state index contributed by atoms with van der Waals surface area (Å²) in [5, 5.41) is 9.05. The van der Waals surface area contributed by atoms with Crippen LogP contribution in [-0.2, 0) is 0 Å². The molecular weight excluding hydrogens is 270 g/mol. The van der Waals surface area contributed by atoms with Crippen LogP contribution in [0.15, 0.2) is 18.2 Å². The largest absolute Gasteiger partial charge is 0.493 e. The average Bonchev–Trinajstić information content (AvgIpc) is 2.48. The van der Waals surface area contributed by atoms with Crippen molar-refractivity contribution in [1.29, 1.82) is 0 Å². The summed E-state index contributed by atoms with van der Waals surface area (Å²) in [4.78, 5) is 25.5. The summed E-state index contributed by atoms with van der Waals surface area (Å²) in [5.41, 5.74) is 0.452. The van der Waals surface area contributed by atoms with Gasteiger partial charge in [-0.15, -0.1) is 0 Å². The first-order valence-corrected chi connectivity index (χ1v) is 7.29. The number of nitrogens with zero attached hydrogens (tertiary/aromatic N) is 1. The van der Waals surface area contributed by atoms with E-state index in [9.17, 15) is 9.59 Å². The van der Waals surface area contributed by atoms with Crippen molar-refractivity contribution < 1.29 is 19.4 Å². The van der Waals surface area contributed by atoms with Crippen LogP contribution in [0.5, 0.6) is 5.75 Å². The van der Waals surface area contributed by atoms with Crippen molar-refractivity contribution in [2.45, 2.75) is 27.2 Å². The van der Waals surface area contributed by atoms with E-state index in [1.54, 1.807) is 6.07 Å². The number of rotatable bonds is 9. The van der Waals surface area contributed by atoms with E-state index in [4.69, 9.17) is 9.84 Å². The third-order valence-electron chi connectivity index (χ3n) is 3.38. The van der Waals surface area contributed by atoms with Gasteiger partial charge in [-0.3, -0.25) is 4.79 Å². The normalized spacial score (nSPS) is 10.7. The number of ketones is 1. The van der Waals surface area contributed by atoms with Gasteiger partial charge in [0, 0.05) is 13.0 Å². The number of benzene rings is 1. The van der Waals surface area contributed by atoms with Crippen LogP contribution in [0.1, 0.15) is 47.9 Å². The highest BCUT2D eigenvalue weighted by Crippen LogP contribution is 2.22. The first-order valence-electron chi connectivity index (χ1n) is 7.29. The fraction of sp³-hybridized carbons (Fsp3) is 0.500. The number of carbonyl (C=O) groups is 2. The van der Waals surface area contributed by atoms with Crippen molar-refractivity contribution in [3.05, 3.63) is 29.3 Å². The zero-order valence-corrected chi connectivity index (χ0v) is 12.9. The maximum atomic E-state index is 12.4. The Morgan fingerprint density at radius 1 is 1.19 bits per heavy atom. The van der Waals surface area contributed by atoms with E-state index in [-0.39, 0.29) is 11.3 Å². The van der Waals surface area contributed by atoms with Gasteiger partial charge in [-0.05, 0) is 38.2 Å². The van der Waals surface area contributed by atoms with Crippen LogP contribution >= 0.6 is 0 Å². The Hall–Kier alpha value is -1.88. The van der Waals surface area contributed by atoms with Gasteiger partial charge in [0.05, 0.1) is 17.7 Å². The second-order valence-electron chi connectivity index (χ2n) is 4.65. The monoisotopic (exact) mass is 293 g/mol. The molecule has 0 saturated heterocycles. The SMILES string of the molecule is CCOc1ccc(C(=O)O)cc1C(=O)CCN(CC)CC. The zero-order chi connectivity index (χ0) is 15.8. The fourth-order valence-corrected chi connectivity index (χ4v) is 2.10. The minimum absolute atomic E-state index is 0.0894. The summed E-state index contributed by atoms with van der Waals surface area (Å²) in [5.74, 6) is -0.684. The van der Waals surface area contributed by atoms with E-state index < -0.39 is 5.97 Å². The Morgan fingerprint density at radius 2 is 1.86 bits per heavy atom. The highest BCUT2D eigenvalue weighted by Gasteiger charge is 2.16. The van der Waals surface area contributed by atoms with Gasteiger partial charge in [0.1, 0.15) is 5.75 Å². The lowest BCUT2D eigenvalue weighted by atomic mass is 10.0. The van der Waals surface area contributed by atoms with E-state index in [2.05, 4.69) is 4.90 Å². The molecule has 0 aliphatic carbocycles. The Kier molecular flexibility index (Phi) is 6.88. The van der Waals surface area contributed by atoms with Crippen molar-refractivity contribution in [3.63, 3.8) is 0 Å². The highest BCUT2D eigenvalue weighted by molar-refractivity contribution is 6.01. The number of hydrogen-bond donors (Lipinski definition) is 1. The summed E-state index contributed by atoms with van der Waals surface area (Å²) >= 11 is 0. The molecule has 0 saturated carbocycles. The van der Waals surface area contributed by atoms with Gasteiger partial charge in [0.25, 0.3) is 0 Å². The molecule has 0 radical (unpaired) electrons. The van der Waals surface area contributed by atoms with E-state index in [0.29, 0.717) is 30.9 Å². The second-order valence-corrected chi connectivity index (χ2v) is 4.65. The fourth-order valence-electron chi connectivity index (χ4n) is 2.10. The standard InChI is InChI=1S/C16H23NO4/c1-4-17(5-2)10-9-14(18)13-11-12(16(19)20)7-8-15(13)21-6-3/h7-8,11H,4-6,9-10H2,1-3H3,(H,19,20). The van der Waals surface area contributed by atoms with Gasteiger partial charge in [-0.1, -0.05) is 13.8 Å². The molecule has 1 aromatic rings. The number of hydrogen-bond acceptors (Lipinski definition) is 4. The Morgan fingerprint density at radius 3 is 2.38 bits per heavy atom. The molecule has 0 heterocycles. The summed E-state index contributed by atoms with van der Waals surface area (Å²) < 4.78 is 5.42. The van der Waals surface area contributed by atoms with Crippen LogP contribution in [0.3, 0.4) is 0 Å². The number of ether oxygens (including phenoxy) is 1. The smallest absolute Gasteiger partial charge is 0.335 e. The van der Waals surface area contributed by atoms with Crippen molar-refractivity contribution in [2.75, 3.05) is 26.2 Å². The summed E-state index contributed by atoms with van der Waals surface area (Å²) in [6.45, 7) is 8.79. The van der Waals surface area contributed by atoms with Crippen LogP contribution in [0.4, 0.5) is 0 Å². The van der Waals surface area contributed by atoms with E-state index >= 15 is 0 Å².